The standard InChI is InChI=1S/C12H18N2/c1-2-10-5-7-14-12(8-10)9-11-4-3-6-13-11/h5,7-8,11,13H,2-4,6,9H2,1H3. The van der Waals surface area contributed by atoms with Crippen molar-refractivity contribution in [3.05, 3.63) is 29.6 Å². The van der Waals surface area contributed by atoms with Crippen LogP contribution in [0.3, 0.4) is 0 Å². The third-order valence-electron chi connectivity index (χ3n) is 2.91. The molecule has 1 aromatic rings. The summed E-state index contributed by atoms with van der Waals surface area (Å²) >= 11 is 0. The topological polar surface area (TPSA) is 24.9 Å². The van der Waals surface area contributed by atoms with Crippen LogP contribution in [0.25, 0.3) is 0 Å². The Balaban J connectivity index is 2.00. The zero-order valence-electron chi connectivity index (χ0n) is 8.79. The molecule has 2 heterocycles. The summed E-state index contributed by atoms with van der Waals surface area (Å²) in [7, 11) is 0. The third-order valence-corrected chi connectivity index (χ3v) is 2.91. The van der Waals surface area contributed by atoms with Gasteiger partial charge in [-0.05, 0) is 43.5 Å². The lowest BCUT2D eigenvalue weighted by atomic mass is 10.1. The molecule has 0 spiro atoms. The van der Waals surface area contributed by atoms with Gasteiger partial charge in [-0.15, -0.1) is 0 Å². The summed E-state index contributed by atoms with van der Waals surface area (Å²) in [6.45, 7) is 3.37. The second kappa shape index (κ2) is 4.56. The van der Waals surface area contributed by atoms with Crippen LogP contribution >= 0.6 is 0 Å². The van der Waals surface area contributed by atoms with Gasteiger partial charge >= 0.3 is 0 Å². The van der Waals surface area contributed by atoms with Crippen molar-refractivity contribution in [1.82, 2.24) is 10.3 Å². The number of nitrogens with zero attached hydrogens (tertiary/aromatic N) is 1. The molecule has 0 saturated carbocycles. The van der Waals surface area contributed by atoms with Crippen LogP contribution in [0.15, 0.2) is 18.3 Å². The maximum absolute atomic E-state index is 4.41. The lowest BCUT2D eigenvalue weighted by Gasteiger charge is -2.09. The molecule has 76 valence electrons. The third kappa shape index (κ3) is 2.32. The molecule has 1 aliphatic heterocycles. The first kappa shape index (κ1) is 9.66. The number of aryl methyl sites for hydroxylation is 1. The van der Waals surface area contributed by atoms with E-state index in [1.165, 1.54) is 30.6 Å². The van der Waals surface area contributed by atoms with Crippen molar-refractivity contribution < 1.29 is 0 Å². The summed E-state index contributed by atoms with van der Waals surface area (Å²) in [6, 6.07) is 5.00. The number of nitrogens with one attached hydrogen (secondary N) is 1. The van der Waals surface area contributed by atoms with Crippen molar-refractivity contribution >= 4 is 0 Å². The van der Waals surface area contributed by atoms with Gasteiger partial charge < -0.3 is 5.32 Å². The average Bonchev–Trinajstić information content (AvgIpc) is 2.71. The van der Waals surface area contributed by atoms with Crippen LogP contribution < -0.4 is 5.32 Å². The van der Waals surface area contributed by atoms with E-state index in [9.17, 15) is 0 Å². The van der Waals surface area contributed by atoms with Crippen LogP contribution in [0, 0.1) is 0 Å². The minimum absolute atomic E-state index is 0.662. The molecule has 1 N–H and O–H groups in total. The van der Waals surface area contributed by atoms with Crippen LogP contribution in [0.1, 0.15) is 31.0 Å². The first-order chi connectivity index (χ1) is 6.88. The van der Waals surface area contributed by atoms with Crippen LogP contribution in [-0.2, 0) is 12.8 Å². The lowest BCUT2D eigenvalue weighted by Crippen LogP contribution is -2.24. The highest BCUT2D eigenvalue weighted by Gasteiger charge is 2.14. The molecule has 1 unspecified atom stereocenters. The Labute approximate surface area is 85.7 Å². The maximum Gasteiger partial charge on any atom is 0.0421 e. The molecule has 0 bridgehead atoms. The fourth-order valence-electron chi connectivity index (χ4n) is 2.04. The van der Waals surface area contributed by atoms with E-state index in [0.29, 0.717) is 6.04 Å². The van der Waals surface area contributed by atoms with E-state index in [0.717, 1.165) is 12.8 Å². The second-order valence-corrected chi connectivity index (χ2v) is 4.01. The zero-order chi connectivity index (χ0) is 9.80. The largest absolute Gasteiger partial charge is 0.314 e. The zero-order valence-corrected chi connectivity index (χ0v) is 8.79. The molecule has 1 fully saturated rings. The minimum Gasteiger partial charge on any atom is -0.314 e. The van der Waals surface area contributed by atoms with E-state index < -0.39 is 0 Å². The summed E-state index contributed by atoms with van der Waals surface area (Å²) in [6.07, 6.45) is 6.75. The molecule has 14 heavy (non-hydrogen) atoms. The van der Waals surface area contributed by atoms with E-state index in [-0.39, 0.29) is 0 Å². The molecule has 1 aliphatic rings. The Morgan fingerprint density at radius 2 is 2.50 bits per heavy atom. The maximum atomic E-state index is 4.41. The summed E-state index contributed by atoms with van der Waals surface area (Å²) < 4.78 is 0. The van der Waals surface area contributed by atoms with E-state index in [4.69, 9.17) is 0 Å². The SMILES string of the molecule is CCc1ccnc(CC2CCCN2)c1. The van der Waals surface area contributed by atoms with E-state index in [1.807, 2.05) is 6.20 Å². The molecule has 1 atom stereocenters. The lowest BCUT2D eigenvalue weighted by molar-refractivity contribution is 0.595. The molecule has 1 saturated heterocycles. The van der Waals surface area contributed by atoms with Gasteiger partial charge in [0.25, 0.3) is 0 Å². The summed E-state index contributed by atoms with van der Waals surface area (Å²) in [5.41, 5.74) is 2.64. The van der Waals surface area contributed by atoms with Crippen LogP contribution in [-0.4, -0.2) is 17.6 Å². The van der Waals surface area contributed by atoms with Crippen molar-refractivity contribution in [2.45, 2.75) is 38.6 Å². The number of hydrogen-bond donors (Lipinski definition) is 1. The van der Waals surface area contributed by atoms with Crippen molar-refractivity contribution in [3.8, 4) is 0 Å². The summed E-state index contributed by atoms with van der Waals surface area (Å²) in [5, 5.41) is 3.50. The van der Waals surface area contributed by atoms with Crippen molar-refractivity contribution in [1.29, 1.82) is 0 Å². The molecule has 2 rings (SSSR count). The number of pyridine rings is 1. The highest BCUT2D eigenvalue weighted by molar-refractivity contribution is 5.17. The molecular weight excluding hydrogens is 172 g/mol. The fourth-order valence-corrected chi connectivity index (χ4v) is 2.04. The van der Waals surface area contributed by atoms with Crippen molar-refractivity contribution in [3.63, 3.8) is 0 Å². The van der Waals surface area contributed by atoms with Gasteiger partial charge in [-0.1, -0.05) is 6.92 Å². The van der Waals surface area contributed by atoms with Gasteiger partial charge in [0, 0.05) is 24.4 Å². The van der Waals surface area contributed by atoms with Gasteiger partial charge in [0.2, 0.25) is 0 Å². The van der Waals surface area contributed by atoms with Gasteiger partial charge in [0.1, 0.15) is 0 Å². The van der Waals surface area contributed by atoms with Crippen LogP contribution in [0.5, 0.6) is 0 Å². The summed E-state index contributed by atoms with van der Waals surface area (Å²) in [4.78, 5) is 4.41. The molecule has 0 aromatic carbocycles. The average molecular weight is 190 g/mol. The Kier molecular flexibility index (Phi) is 3.14. The molecule has 2 heteroatoms. The van der Waals surface area contributed by atoms with Gasteiger partial charge in [0.05, 0.1) is 0 Å². The Morgan fingerprint density at radius 3 is 3.21 bits per heavy atom. The van der Waals surface area contributed by atoms with Gasteiger partial charge in [-0.25, -0.2) is 0 Å². The molecule has 0 aliphatic carbocycles. The molecule has 0 amide bonds. The van der Waals surface area contributed by atoms with Gasteiger partial charge in [0.15, 0.2) is 0 Å². The fraction of sp³-hybridized carbons (Fsp3) is 0.583. The van der Waals surface area contributed by atoms with Crippen molar-refractivity contribution in [2.75, 3.05) is 6.54 Å². The highest BCUT2D eigenvalue weighted by Crippen LogP contribution is 2.11. The van der Waals surface area contributed by atoms with Crippen LogP contribution in [0.2, 0.25) is 0 Å². The summed E-state index contributed by atoms with van der Waals surface area (Å²) in [5.74, 6) is 0. The van der Waals surface area contributed by atoms with Gasteiger partial charge in [-0.3, -0.25) is 4.98 Å². The Hall–Kier alpha value is -0.890. The van der Waals surface area contributed by atoms with Crippen LogP contribution in [0.4, 0.5) is 0 Å². The number of aromatic nitrogens is 1. The monoisotopic (exact) mass is 190 g/mol. The first-order valence-electron chi connectivity index (χ1n) is 5.55. The van der Waals surface area contributed by atoms with E-state index in [2.05, 4.69) is 29.4 Å². The van der Waals surface area contributed by atoms with Gasteiger partial charge in [-0.2, -0.15) is 0 Å². The molecular formula is C12H18N2. The van der Waals surface area contributed by atoms with E-state index >= 15 is 0 Å². The number of hydrogen-bond acceptors (Lipinski definition) is 2. The Bertz CT molecular complexity index is 290. The highest BCUT2D eigenvalue weighted by atomic mass is 14.9. The quantitative estimate of drug-likeness (QED) is 0.788. The van der Waals surface area contributed by atoms with E-state index in [1.54, 1.807) is 0 Å². The normalized spacial score (nSPS) is 21.4. The molecule has 0 radical (unpaired) electrons. The number of rotatable bonds is 3. The molecule has 2 nitrogen and oxygen atoms in total. The molecule has 1 aromatic heterocycles. The predicted molar refractivity (Wildman–Crippen MR) is 58.3 cm³/mol. The van der Waals surface area contributed by atoms with Crippen molar-refractivity contribution in [2.24, 2.45) is 0 Å². The minimum atomic E-state index is 0.662. The smallest absolute Gasteiger partial charge is 0.0421 e. The first-order valence-corrected chi connectivity index (χ1v) is 5.55. The second-order valence-electron chi connectivity index (χ2n) is 4.01. The predicted octanol–water partition coefficient (Wildman–Crippen LogP) is 1.94. The Morgan fingerprint density at radius 1 is 1.57 bits per heavy atom.